The third-order valence-electron chi connectivity index (χ3n) is 3.03. The molecule has 3 aromatic rings. The monoisotopic (exact) mass is 316 g/mol. The van der Waals surface area contributed by atoms with E-state index >= 15 is 0 Å². The molecule has 7 heteroatoms. The zero-order valence-corrected chi connectivity index (χ0v) is 12.7. The molecule has 0 amide bonds. The second-order valence-electron chi connectivity index (χ2n) is 4.83. The van der Waals surface area contributed by atoms with E-state index in [2.05, 4.69) is 15.4 Å². The van der Waals surface area contributed by atoms with E-state index in [0.717, 1.165) is 11.1 Å². The molecular weight excluding hydrogens is 300 g/mol. The second kappa shape index (κ2) is 7.26. The van der Waals surface area contributed by atoms with Gasteiger partial charge in [0.1, 0.15) is 0 Å². The zero-order chi connectivity index (χ0) is 15.2. The maximum Gasteiger partial charge on any atom is 0.205 e. The minimum absolute atomic E-state index is 0.226. The molecule has 1 atom stereocenters. The first-order valence-corrected chi connectivity index (χ1v) is 7.85. The number of tetrazole rings is 1. The molecule has 3 rings (SSSR count). The number of hydrogen-bond donors (Lipinski definition) is 1. The third-order valence-corrected chi connectivity index (χ3v) is 3.71. The van der Waals surface area contributed by atoms with E-state index in [9.17, 15) is 5.11 Å². The van der Waals surface area contributed by atoms with Crippen LogP contribution >= 0.6 is 11.3 Å². The van der Waals surface area contributed by atoms with Crippen LogP contribution in [0.4, 0.5) is 0 Å². The van der Waals surface area contributed by atoms with Crippen LogP contribution < -0.4 is 0 Å². The molecule has 0 fully saturated rings. The molecule has 0 saturated heterocycles. The summed E-state index contributed by atoms with van der Waals surface area (Å²) in [7, 11) is 0. The van der Waals surface area contributed by atoms with E-state index in [1.54, 1.807) is 11.3 Å². The van der Waals surface area contributed by atoms with E-state index in [-0.39, 0.29) is 13.2 Å². The molecule has 0 radical (unpaired) electrons. The number of aliphatic hydroxyl groups is 1. The molecule has 22 heavy (non-hydrogen) atoms. The van der Waals surface area contributed by atoms with Gasteiger partial charge in [-0.1, -0.05) is 30.3 Å². The van der Waals surface area contributed by atoms with Gasteiger partial charge in [-0.25, -0.2) is 0 Å². The Balaban J connectivity index is 1.46. The van der Waals surface area contributed by atoms with Crippen molar-refractivity contribution >= 4 is 11.3 Å². The number of hydrogen-bond acceptors (Lipinski definition) is 6. The Kier molecular flexibility index (Phi) is 4.89. The highest BCUT2D eigenvalue weighted by Gasteiger charge is 2.10. The van der Waals surface area contributed by atoms with E-state index in [1.807, 2.05) is 47.2 Å². The van der Waals surface area contributed by atoms with Crippen LogP contribution in [0.3, 0.4) is 0 Å². The minimum atomic E-state index is -0.673. The quantitative estimate of drug-likeness (QED) is 0.721. The summed E-state index contributed by atoms with van der Waals surface area (Å²) in [5.41, 5.74) is 2.01. The summed E-state index contributed by atoms with van der Waals surface area (Å²) in [4.78, 5) is 1.39. The number of rotatable bonds is 7. The molecule has 2 aromatic heterocycles. The van der Waals surface area contributed by atoms with Gasteiger partial charge in [0.05, 0.1) is 25.9 Å². The van der Waals surface area contributed by atoms with Crippen LogP contribution in [0.15, 0.2) is 47.2 Å². The predicted molar refractivity (Wildman–Crippen MR) is 83.2 cm³/mol. The van der Waals surface area contributed by atoms with Gasteiger partial charge in [-0.2, -0.15) is 16.1 Å². The molecule has 0 unspecified atom stereocenters. The van der Waals surface area contributed by atoms with Gasteiger partial charge in [-0.05, 0) is 22.2 Å². The van der Waals surface area contributed by atoms with Gasteiger partial charge >= 0.3 is 0 Å². The number of ether oxygens (including phenoxy) is 1. The zero-order valence-electron chi connectivity index (χ0n) is 11.9. The summed E-state index contributed by atoms with van der Waals surface area (Å²) in [6.07, 6.45) is -0.673. The fourth-order valence-corrected chi connectivity index (χ4v) is 2.59. The first kappa shape index (κ1) is 14.8. The van der Waals surface area contributed by atoms with Crippen molar-refractivity contribution in [1.82, 2.24) is 20.2 Å². The first-order chi connectivity index (χ1) is 10.8. The predicted octanol–water partition coefficient (Wildman–Crippen LogP) is 1.98. The Morgan fingerprint density at radius 3 is 2.86 bits per heavy atom. The normalized spacial score (nSPS) is 12.4. The number of thiophene rings is 1. The van der Waals surface area contributed by atoms with E-state index < -0.39 is 6.10 Å². The molecule has 0 spiro atoms. The van der Waals surface area contributed by atoms with Crippen molar-refractivity contribution in [1.29, 1.82) is 0 Å². The van der Waals surface area contributed by atoms with Gasteiger partial charge in [-0.3, -0.25) is 0 Å². The van der Waals surface area contributed by atoms with Crippen LogP contribution in [-0.4, -0.2) is 38.0 Å². The van der Waals surface area contributed by atoms with Crippen LogP contribution in [0, 0.1) is 0 Å². The van der Waals surface area contributed by atoms with E-state index in [1.165, 1.54) is 4.80 Å². The van der Waals surface area contributed by atoms with Gasteiger partial charge in [0.2, 0.25) is 5.82 Å². The highest BCUT2D eigenvalue weighted by Crippen LogP contribution is 2.16. The lowest BCUT2D eigenvalue weighted by Gasteiger charge is -2.10. The van der Waals surface area contributed by atoms with Crippen LogP contribution in [-0.2, 0) is 17.9 Å². The molecule has 1 N–H and O–H groups in total. The number of aliphatic hydroxyl groups excluding tert-OH is 1. The molecule has 0 bridgehead atoms. The van der Waals surface area contributed by atoms with Gasteiger partial charge in [-0.15, -0.1) is 10.2 Å². The van der Waals surface area contributed by atoms with Crippen LogP contribution in [0.2, 0.25) is 0 Å². The van der Waals surface area contributed by atoms with Gasteiger partial charge < -0.3 is 9.84 Å². The maximum atomic E-state index is 9.97. The van der Waals surface area contributed by atoms with E-state index in [4.69, 9.17) is 4.74 Å². The Hall–Kier alpha value is -2.09. The lowest BCUT2D eigenvalue weighted by Crippen LogP contribution is -2.23. The third kappa shape index (κ3) is 3.97. The highest BCUT2D eigenvalue weighted by atomic mass is 32.1. The summed E-state index contributed by atoms with van der Waals surface area (Å²) < 4.78 is 5.50. The Bertz CT molecular complexity index is 685. The lowest BCUT2D eigenvalue weighted by atomic mass is 10.2. The molecule has 2 heterocycles. The molecule has 6 nitrogen and oxygen atoms in total. The smallest absolute Gasteiger partial charge is 0.205 e. The van der Waals surface area contributed by atoms with Crippen LogP contribution in [0.1, 0.15) is 5.56 Å². The van der Waals surface area contributed by atoms with Gasteiger partial charge in [0.15, 0.2) is 0 Å². The second-order valence-corrected chi connectivity index (χ2v) is 5.61. The largest absolute Gasteiger partial charge is 0.389 e. The SMILES string of the molecule is O[C@H](COCc1ccccc1)Cn1nnc(-c2ccsc2)n1. The highest BCUT2D eigenvalue weighted by molar-refractivity contribution is 7.08. The molecule has 0 saturated carbocycles. The van der Waals surface area contributed by atoms with Gasteiger partial charge in [0, 0.05) is 10.9 Å². The van der Waals surface area contributed by atoms with Crippen molar-refractivity contribution < 1.29 is 9.84 Å². The van der Waals surface area contributed by atoms with E-state index in [0.29, 0.717) is 12.4 Å². The molecule has 114 valence electrons. The summed E-state index contributed by atoms with van der Waals surface area (Å²) in [6, 6.07) is 11.8. The topological polar surface area (TPSA) is 73.1 Å². The maximum absolute atomic E-state index is 9.97. The summed E-state index contributed by atoms with van der Waals surface area (Å²) in [5.74, 6) is 0.568. The van der Waals surface area contributed by atoms with Crippen molar-refractivity contribution in [3.05, 3.63) is 52.7 Å². The average molecular weight is 316 g/mol. The standard InChI is InChI=1S/C15H16N4O2S/c20-14(10-21-9-12-4-2-1-3-5-12)8-19-17-15(16-18-19)13-6-7-22-11-13/h1-7,11,14,20H,8-10H2/t14-/m0/s1. The number of nitrogens with zero attached hydrogens (tertiary/aromatic N) is 4. The summed E-state index contributed by atoms with van der Waals surface area (Å²) in [6.45, 7) is 0.957. The molecule has 0 aliphatic rings. The fourth-order valence-electron chi connectivity index (χ4n) is 1.96. The van der Waals surface area contributed by atoms with Crippen molar-refractivity contribution in [2.75, 3.05) is 6.61 Å². The molecular formula is C15H16N4O2S. The Labute approximate surface area is 132 Å². The Morgan fingerprint density at radius 1 is 1.23 bits per heavy atom. The van der Waals surface area contributed by atoms with Crippen LogP contribution in [0.25, 0.3) is 11.4 Å². The molecule has 1 aromatic carbocycles. The Morgan fingerprint density at radius 2 is 2.09 bits per heavy atom. The van der Waals surface area contributed by atoms with Crippen LogP contribution in [0.5, 0.6) is 0 Å². The van der Waals surface area contributed by atoms with Crippen molar-refractivity contribution in [3.8, 4) is 11.4 Å². The minimum Gasteiger partial charge on any atom is -0.389 e. The number of aromatic nitrogens is 4. The summed E-state index contributed by atoms with van der Waals surface area (Å²) >= 11 is 1.58. The van der Waals surface area contributed by atoms with Crippen molar-refractivity contribution in [2.24, 2.45) is 0 Å². The average Bonchev–Trinajstić information content (AvgIpc) is 3.19. The fraction of sp³-hybridized carbons (Fsp3) is 0.267. The van der Waals surface area contributed by atoms with Crippen molar-refractivity contribution in [3.63, 3.8) is 0 Å². The molecule has 0 aliphatic carbocycles. The number of benzene rings is 1. The van der Waals surface area contributed by atoms with Gasteiger partial charge in [0.25, 0.3) is 0 Å². The lowest BCUT2D eigenvalue weighted by molar-refractivity contribution is 0.0165. The summed E-state index contributed by atoms with van der Waals surface area (Å²) in [5, 5.41) is 26.1. The molecule has 0 aliphatic heterocycles. The van der Waals surface area contributed by atoms with Crippen molar-refractivity contribution in [2.45, 2.75) is 19.3 Å². The first-order valence-electron chi connectivity index (χ1n) is 6.91.